The first-order valence-electron chi connectivity index (χ1n) is 10.1. The molecule has 1 atom stereocenters. The molecule has 1 aromatic heterocycles. The van der Waals surface area contributed by atoms with Crippen LogP contribution in [0.15, 0.2) is 36.4 Å². The van der Waals surface area contributed by atoms with Gasteiger partial charge in [0.05, 0.1) is 22.7 Å². The number of carbonyl (C=O) groups excluding carboxylic acids is 2. The fraction of sp³-hybridized carbons (Fsp3) is 0.318. The summed E-state index contributed by atoms with van der Waals surface area (Å²) in [6.07, 6.45) is 0.152. The summed E-state index contributed by atoms with van der Waals surface area (Å²) < 4.78 is 17.6. The van der Waals surface area contributed by atoms with Gasteiger partial charge in [0.25, 0.3) is 0 Å². The van der Waals surface area contributed by atoms with Gasteiger partial charge in [-0.1, -0.05) is 11.3 Å². The molecule has 2 aliphatic heterocycles. The van der Waals surface area contributed by atoms with Crippen molar-refractivity contribution in [1.29, 1.82) is 0 Å². The molecule has 8 nitrogen and oxygen atoms in total. The van der Waals surface area contributed by atoms with Crippen LogP contribution < -0.4 is 24.4 Å². The summed E-state index contributed by atoms with van der Waals surface area (Å²) in [5, 5.41) is 3.38. The molecule has 2 aromatic carbocycles. The standard InChI is InChI=1S/C22H21N3O5S/c1-2-28-15-4-5-16-19(11-15)31-22(23-16)24-21(27)13-9-20(26)25(12-13)14-3-6-17-18(10-14)30-8-7-29-17/h3-6,10-11,13H,2,7-9,12H2,1H3,(H,23,24,27)/t13-/m0/s1. The molecule has 2 aliphatic rings. The maximum atomic E-state index is 12.8. The Morgan fingerprint density at radius 2 is 2.06 bits per heavy atom. The molecule has 5 rings (SSSR count). The lowest BCUT2D eigenvalue weighted by atomic mass is 10.1. The maximum absolute atomic E-state index is 12.8. The molecule has 3 aromatic rings. The molecule has 31 heavy (non-hydrogen) atoms. The van der Waals surface area contributed by atoms with Crippen molar-refractivity contribution >= 4 is 44.2 Å². The normalized spacial score (nSPS) is 17.8. The minimum absolute atomic E-state index is 0.0949. The van der Waals surface area contributed by atoms with Gasteiger partial charge in [-0.3, -0.25) is 9.59 Å². The minimum Gasteiger partial charge on any atom is -0.494 e. The smallest absolute Gasteiger partial charge is 0.231 e. The largest absolute Gasteiger partial charge is 0.494 e. The second-order valence-corrected chi connectivity index (χ2v) is 8.33. The van der Waals surface area contributed by atoms with Gasteiger partial charge >= 0.3 is 0 Å². The van der Waals surface area contributed by atoms with E-state index in [1.807, 2.05) is 31.2 Å². The molecule has 9 heteroatoms. The van der Waals surface area contributed by atoms with E-state index in [1.54, 1.807) is 17.0 Å². The second-order valence-electron chi connectivity index (χ2n) is 7.30. The Morgan fingerprint density at radius 3 is 2.90 bits per heavy atom. The van der Waals surface area contributed by atoms with Crippen molar-refractivity contribution < 1.29 is 23.8 Å². The molecule has 0 aliphatic carbocycles. The fourth-order valence-corrected chi connectivity index (χ4v) is 4.65. The van der Waals surface area contributed by atoms with E-state index in [2.05, 4.69) is 10.3 Å². The number of benzene rings is 2. The lowest BCUT2D eigenvalue weighted by Crippen LogP contribution is -2.28. The number of nitrogens with one attached hydrogen (secondary N) is 1. The van der Waals surface area contributed by atoms with Gasteiger partial charge < -0.3 is 24.4 Å². The summed E-state index contributed by atoms with van der Waals surface area (Å²) in [7, 11) is 0. The number of rotatable bonds is 5. The number of thiazole rings is 1. The van der Waals surface area contributed by atoms with E-state index in [-0.39, 0.29) is 18.2 Å². The summed E-state index contributed by atoms with van der Waals surface area (Å²) in [6, 6.07) is 11.0. The lowest BCUT2D eigenvalue weighted by Gasteiger charge is -2.22. The van der Waals surface area contributed by atoms with Gasteiger partial charge in [0, 0.05) is 24.7 Å². The molecule has 1 saturated heterocycles. The molecule has 160 valence electrons. The number of fused-ring (bicyclic) bond motifs is 2. The van der Waals surface area contributed by atoms with Crippen molar-refractivity contribution in [3.8, 4) is 17.2 Å². The average Bonchev–Trinajstić information content (AvgIpc) is 3.36. The molecule has 0 unspecified atom stereocenters. The molecular formula is C22H21N3O5S. The molecule has 1 N–H and O–H groups in total. The van der Waals surface area contributed by atoms with Gasteiger partial charge in [-0.05, 0) is 37.3 Å². The van der Waals surface area contributed by atoms with E-state index in [1.165, 1.54) is 11.3 Å². The highest BCUT2D eigenvalue weighted by Gasteiger charge is 2.36. The summed E-state index contributed by atoms with van der Waals surface area (Å²) >= 11 is 1.39. The Hall–Kier alpha value is -3.33. The van der Waals surface area contributed by atoms with Crippen molar-refractivity contribution in [2.45, 2.75) is 13.3 Å². The first kappa shape index (κ1) is 19.6. The van der Waals surface area contributed by atoms with Crippen LogP contribution in [0.2, 0.25) is 0 Å². The molecule has 0 saturated carbocycles. The van der Waals surface area contributed by atoms with Crippen LogP contribution in [0, 0.1) is 5.92 Å². The SMILES string of the molecule is CCOc1ccc2nc(NC(=O)[C@H]3CC(=O)N(c4ccc5c(c4)OCCO5)C3)sc2c1. The maximum Gasteiger partial charge on any atom is 0.231 e. The zero-order valence-corrected chi connectivity index (χ0v) is 17.7. The summed E-state index contributed by atoms with van der Waals surface area (Å²) in [5.74, 6) is 1.30. The number of hydrogen-bond donors (Lipinski definition) is 1. The van der Waals surface area contributed by atoms with E-state index in [0.29, 0.717) is 48.7 Å². The topological polar surface area (TPSA) is 90.0 Å². The molecule has 0 radical (unpaired) electrons. The first-order valence-corrected chi connectivity index (χ1v) is 11.0. The Labute approximate surface area is 182 Å². The van der Waals surface area contributed by atoms with E-state index < -0.39 is 5.92 Å². The van der Waals surface area contributed by atoms with Gasteiger partial charge in [0.2, 0.25) is 11.8 Å². The minimum atomic E-state index is -0.452. The molecular weight excluding hydrogens is 418 g/mol. The number of aromatic nitrogens is 1. The van der Waals surface area contributed by atoms with Gasteiger partial charge in [-0.25, -0.2) is 4.98 Å². The predicted octanol–water partition coefficient (Wildman–Crippen LogP) is 3.46. The van der Waals surface area contributed by atoms with Gasteiger partial charge in [0.15, 0.2) is 16.6 Å². The number of hydrogen-bond acceptors (Lipinski definition) is 7. The summed E-state index contributed by atoms with van der Waals surface area (Å²) in [4.78, 5) is 31.5. The highest BCUT2D eigenvalue weighted by atomic mass is 32.1. The molecule has 0 bridgehead atoms. The Kier molecular flexibility index (Phi) is 5.11. The third-order valence-electron chi connectivity index (χ3n) is 5.23. The van der Waals surface area contributed by atoms with Crippen molar-refractivity contribution in [3.05, 3.63) is 36.4 Å². The van der Waals surface area contributed by atoms with Crippen LogP contribution in [0.1, 0.15) is 13.3 Å². The Morgan fingerprint density at radius 1 is 1.23 bits per heavy atom. The quantitative estimate of drug-likeness (QED) is 0.655. The van der Waals surface area contributed by atoms with Crippen LogP contribution in [-0.2, 0) is 9.59 Å². The van der Waals surface area contributed by atoms with Crippen LogP contribution in [0.3, 0.4) is 0 Å². The van der Waals surface area contributed by atoms with Gasteiger partial charge in [-0.2, -0.15) is 0 Å². The Balaban J connectivity index is 1.28. The van der Waals surface area contributed by atoms with Crippen molar-refractivity contribution in [2.24, 2.45) is 5.92 Å². The van der Waals surface area contributed by atoms with E-state index in [9.17, 15) is 9.59 Å². The Bertz CT molecular complexity index is 1160. The first-order chi connectivity index (χ1) is 15.1. The lowest BCUT2D eigenvalue weighted by molar-refractivity contribution is -0.122. The third kappa shape index (κ3) is 3.88. The monoisotopic (exact) mass is 439 g/mol. The number of anilines is 2. The third-order valence-corrected chi connectivity index (χ3v) is 6.17. The van der Waals surface area contributed by atoms with Crippen molar-refractivity contribution in [2.75, 3.05) is 36.6 Å². The van der Waals surface area contributed by atoms with Crippen molar-refractivity contribution in [3.63, 3.8) is 0 Å². The zero-order valence-electron chi connectivity index (χ0n) is 16.9. The van der Waals surface area contributed by atoms with Crippen LogP contribution in [-0.4, -0.2) is 43.2 Å². The number of carbonyl (C=O) groups is 2. The second kappa shape index (κ2) is 8.07. The summed E-state index contributed by atoms with van der Waals surface area (Å²) in [5.41, 5.74) is 1.50. The van der Waals surface area contributed by atoms with E-state index in [0.717, 1.165) is 16.0 Å². The van der Waals surface area contributed by atoms with Crippen LogP contribution >= 0.6 is 11.3 Å². The average molecular weight is 439 g/mol. The van der Waals surface area contributed by atoms with Crippen LogP contribution in [0.4, 0.5) is 10.8 Å². The number of amides is 2. The fourth-order valence-electron chi connectivity index (χ4n) is 3.75. The molecule has 3 heterocycles. The molecule has 1 fully saturated rings. The van der Waals surface area contributed by atoms with Crippen LogP contribution in [0.5, 0.6) is 17.2 Å². The van der Waals surface area contributed by atoms with E-state index >= 15 is 0 Å². The molecule has 0 spiro atoms. The summed E-state index contributed by atoms with van der Waals surface area (Å²) in [6.45, 7) is 3.81. The molecule has 2 amide bonds. The predicted molar refractivity (Wildman–Crippen MR) is 117 cm³/mol. The van der Waals surface area contributed by atoms with Crippen LogP contribution in [0.25, 0.3) is 10.2 Å². The van der Waals surface area contributed by atoms with E-state index in [4.69, 9.17) is 14.2 Å². The number of nitrogens with zero attached hydrogens (tertiary/aromatic N) is 2. The highest BCUT2D eigenvalue weighted by Crippen LogP contribution is 2.36. The highest BCUT2D eigenvalue weighted by molar-refractivity contribution is 7.22. The van der Waals surface area contributed by atoms with Gasteiger partial charge in [0.1, 0.15) is 19.0 Å². The van der Waals surface area contributed by atoms with Crippen molar-refractivity contribution in [1.82, 2.24) is 4.98 Å². The number of ether oxygens (including phenoxy) is 3. The zero-order chi connectivity index (χ0) is 21.4. The van der Waals surface area contributed by atoms with Gasteiger partial charge in [-0.15, -0.1) is 0 Å².